The minimum Gasteiger partial charge on any atom is -0.382 e. The quantitative estimate of drug-likeness (QED) is 0.893. The van der Waals surface area contributed by atoms with Crippen molar-refractivity contribution in [2.24, 2.45) is 0 Å². The molecule has 1 aromatic carbocycles. The van der Waals surface area contributed by atoms with Gasteiger partial charge >= 0.3 is 0 Å². The summed E-state index contributed by atoms with van der Waals surface area (Å²) in [6.07, 6.45) is 1.65. The van der Waals surface area contributed by atoms with Crippen LogP contribution in [0.1, 0.15) is 29.9 Å². The van der Waals surface area contributed by atoms with E-state index in [-0.39, 0.29) is 5.91 Å². The molecule has 0 fully saturated rings. The van der Waals surface area contributed by atoms with E-state index in [4.69, 9.17) is 11.6 Å². The van der Waals surface area contributed by atoms with Gasteiger partial charge in [0.1, 0.15) is 5.69 Å². The zero-order valence-corrected chi connectivity index (χ0v) is 13.0. The van der Waals surface area contributed by atoms with Crippen LogP contribution in [-0.2, 0) is 0 Å². The largest absolute Gasteiger partial charge is 0.382 e. The van der Waals surface area contributed by atoms with Crippen molar-refractivity contribution in [3.63, 3.8) is 0 Å². The molecule has 0 saturated heterocycles. The molecule has 5 heteroatoms. The molecule has 1 heterocycles. The normalized spacial score (nSPS) is 10.5. The molecule has 0 spiro atoms. The second kappa shape index (κ2) is 6.59. The monoisotopic (exact) mass is 303 g/mol. The highest BCUT2D eigenvalue weighted by Crippen LogP contribution is 2.23. The van der Waals surface area contributed by atoms with Crippen molar-refractivity contribution in [3.05, 3.63) is 52.8 Å². The lowest BCUT2D eigenvalue weighted by Gasteiger charge is -2.11. The van der Waals surface area contributed by atoms with Crippen LogP contribution in [0.3, 0.4) is 0 Å². The molecule has 0 aliphatic heterocycles. The van der Waals surface area contributed by atoms with Crippen LogP contribution in [0.4, 0.5) is 11.4 Å². The molecule has 2 N–H and O–H groups in total. The van der Waals surface area contributed by atoms with Crippen molar-refractivity contribution in [2.45, 2.75) is 26.8 Å². The summed E-state index contributed by atoms with van der Waals surface area (Å²) in [7, 11) is 0. The van der Waals surface area contributed by atoms with Gasteiger partial charge in [0, 0.05) is 16.8 Å². The summed E-state index contributed by atoms with van der Waals surface area (Å²) >= 11 is 6.04. The smallest absolute Gasteiger partial charge is 0.274 e. The van der Waals surface area contributed by atoms with E-state index >= 15 is 0 Å². The number of anilines is 2. The van der Waals surface area contributed by atoms with E-state index in [1.807, 2.05) is 32.9 Å². The third-order valence-electron chi connectivity index (χ3n) is 2.97. The number of amides is 1. The van der Waals surface area contributed by atoms with Gasteiger partial charge in [-0.3, -0.25) is 4.79 Å². The minimum atomic E-state index is -0.253. The zero-order valence-electron chi connectivity index (χ0n) is 12.3. The molecule has 21 heavy (non-hydrogen) atoms. The number of hydrogen-bond acceptors (Lipinski definition) is 3. The maximum atomic E-state index is 12.2. The third kappa shape index (κ3) is 3.95. The molecule has 2 aromatic rings. The molecule has 0 bridgehead atoms. The number of carbonyl (C=O) groups excluding carboxylic acids is 1. The van der Waals surface area contributed by atoms with Crippen molar-refractivity contribution >= 4 is 28.9 Å². The molecule has 2 rings (SSSR count). The molecule has 0 radical (unpaired) electrons. The first-order valence-corrected chi connectivity index (χ1v) is 7.14. The van der Waals surface area contributed by atoms with Gasteiger partial charge < -0.3 is 10.6 Å². The number of nitrogens with one attached hydrogen (secondary N) is 2. The van der Waals surface area contributed by atoms with Crippen LogP contribution in [0.2, 0.25) is 5.02 Å². The van der Waals surface area contributed by atoms with Crippen molar-refractivity contribution in [3.8, 4) is 0 Å². The number of benzene rings is 1. The van der Waals surface area contributed by atoms with Gasteiger partial charge in [-0.1, -0.05) is 17.7 Å². The fourth-order valence-electron chi connectivity index (χ4n) is 1.88. The van der Waals surface area contributed by atoms with Crippen LogP contribution < -0.4 is 10.6 Å². The Bertz CT molecular complexity index is 638. The molecule has 0 saturated carbocycles. The topological polar surface area (TPSA) is 54.0 Å². The Hall–Kier alpha value is -2.07. The molecular formula is C16H18ClN3O. The van der Waals surface area contributed by atoms with E-state index < -0.39 is 0 Å². The van der Waals surface area contributed by atoms with E-state index in [0.29, 0.717) is 22.4 Å². The third-order valence-corrected chi connectivity index (χ3v) is 3.38. The Kier molecular flexibility index (Phi) is 4.81. The maximum absolute atomic E-state index is 12.2. The average Bonchev–Trinajstić information content (AvgIpc) is 2.44. The predicted octanol–water partition coefficient (Wildman–Crippen LogP) is 4.12. The maximum Gasteiger partial charge on any atom is 0.274 e. The molecule has 4 nitrogen and oxygen atoms in total. The second-order valence-electron chi connectivity index (χ2n) is 5.10. The van der Waals surface area contributed by atoms with Gasteiger partial charge in [-0.05, 0) is 50.6 Å². The summed E-state index contributed by atoms with van der Waals surface area (Å²) in [5, 5.41) is 6.67. The van der Waals surface area contributed by atoms with Gasteiger partial charge in [0.15, 0.2) is 0 Å². The zero-order chi connectivity index (χ0) is 15.4. The first-order chi connectivity index (χ1) is 9.97. The summed E-state index contributed by atoms with van der Waals surface area (Å²) in [6.45, 7) is 5.95. The molecule has 0 aliphatic rings. The van der Waals surface area contributed by atoms with Crippen molar-refractivity contribution < 1.29 is 4.79 Å². The number of nitrogens with zero attached hydrogens (tertiary/aromatic N) is 1. The summed E-state index contributed by atoms with van der Waals surface area (Å²) in [5.74, 6) is -0.253. The van der Waals surface area contributed by atoms with E-state index in [0.717, 1.165) is 11.3 Å². The molecule has 1 amide bonds. The van der Waals surface area contributed by atoms with Gasteiger partial charge in [-0.15, -0.1) is 0 Å². The van der Waals surface area contributed by atoms with Crippen LogP contribution in [-0.4, -0.2) is 16.9 Å². The number of aromatic nitrogens is 1. The lowest BCUT2D eigenvalue weighted by molar-refractivity contribution is 0.102. The first kappa shape index (κ1) is 15.3. The molecule has 110 valence electrons. The number of carbonyl (C=O) groups is 1. The number of rotatable bonds is 4. The lowest BCUT2D eigenvalue weighted by atomic mass is 10.2. The number of pyridine rings is 1. The lowest BCUT2D eigenvalue weighted by Crippen LogP contribution is -2.15. The van der Waals surface area contributed by atoms with E-state index in [1.165, 1.54) is 0 Å². The Morgan fingerprint density at radius 3 is 2.62 bits per heavy atom. The SMILES string of the molecule is Cc1c(Cl)cccc1NC(=O)c1ccc(NC(C)C)cn1. The molecule has 1 aromatic heterocycles. The van der Waals surface area contributed by atoms with Crippen molar-refractivity contribution in [1.82, 2.24) is 4.98 Å². The summed E-state index contributed by atoms with van der Waals surface area (Å²) in [6, 6.07) is 9.26. The van der Waals surface area contributed by atoms with Gasteiger partial charge in [-0.25, -0.2) is 4.98 Å². The summed E-state index contributed by atoms with van der Waals surface area (Å²) in [5.41, 5.74) is 2.79. The summed E-state index contributed by atoms with van der Waals surface area (Å²) in [4.78, 5) is 16.3. The van der Waals surface area contributed by atoms with Crippen LogP contribution in [0.5, 0.6) is 0 Å². The van der Waals surface area contributed by atoms with Crippen LogP contribution in [0, 0.1) is 6.92 Å². The fourth-order valence-corrected chi connectivity index (χ4v) is 2.05. The van der Waals surface area contributed by atoms with Gasteiger partial charge in [0.05, 0.1) is 11.9 Å². The second-order valence-corrected chi connectivity index (χ2v) is 5.50. The number of hydrogen-bond donors (Lipinski definition) is 2. The van der Waals surface area contributed by atoms with Gasteiger partial charge in [0.25, 0.3) is 5.91 Å². The first-order valence-electron chi connectivity index (χ1n) is 6.76. The molecular weight excluding hydrogens is 286 g/mol. The molecule has 0 atom stereocenters. The fraction of sp³-hybridized carbons (Fsp3) is 0.250. The minimum absolute atomic E-state index is 0.253. The highest BCUT2D eigenvalue weighted by Gasteiger charge is 2.10. The van der Waals surface area contributed by atoms with Crippen molar-refractivity contribution in [1.29, 1.82) is 0 Å². The predicted molar refractivity (Wildman–Crippen MR) is 87.1 cm³/mol. The highest BCUT2D eigenvalue weighted by atomic mass is 35.5. The van der Waals surface area contributed by atoms with Gasteiger partial charge in [-0.2, -0.15) is 0 Å². The average molecular weight is 304 g/mol. The van der Waals surface area contributed by atoms with Crippen LogP contribution in [0.25, 0.3) is 0 Å². The standard InChI is InChI=1S/C16H18ClN3O/c1-10(2)19-12-7-8-15(18-9-12)16(21)20-14-6-4-5-13(17)11(14)3/h4-10,19H,1-3H3,(H,20,21). The van der Waals surface area contributed by atoms with Crippen LogP contribution >= 0.6 is 11.6 Å². The number of halogens is 1. The van der Waals surface area contributed by atoms with Gasteiger partial charge in [0.2, 0.25) is 0 Å². The van der Waals surface area contributed by atoms with E-state index in [9.17, 15) is 4.79 Å². The van der Waals surface area contributed by atoms with Crippen molar-refractivity contribution in [2.75, 3.05) is 10.6 Å². The van der Waals surface area contributed by atoms with Crippen LogP contribution in [0.15, 0.2) is 36.5 Å². The Morgan fingerprint density at radius 1 is 1.24 bits per heavy atom. The molecule has 0 unspecified atom stereocenters. The van der Waals surface area contributed by atoms with E-state index in [2.05, 4.69) is 15.6 Å². The van der Waals surface area contributed by atoms with E-state index in [1.54, 1.807) is 24.4 Å². The Labute approximate surface area is 129 Å². The Morgan fingerprint density at radius 2 is 2.00 bits per heavy atom. The molecule has 0 aliphatic carbocycles. The summed E-state index contributed by atoms with van der Waals surface area (Å²) < 4.78 is 0. The highest BCUT2D eigenvalue weighted by molar-refractivity contribution is 6.31. The Balaban J connectivity index is 2.11.